The number of carbonyl (C=O) groups excluding carboxylic acids is 1. The van der Waals surface area contributed by atoms with E-state index in [0.29, 0.717) is 5.16 Å². The molecule has 1 atom stereocenters. The average Bonchev–Trinajstić information content (AvgIpc) is 2.67. The van der Waals surface area contributed by atoms with Gasteiger partial charge in [0.05, 0.1) is 18.5 Å². The van der Waals surface area contributed by atoms with Gasteiger partial charge in [0, 0.05) is 35.9 Å². The Morgan fingerprint density at radius 1 is 1.11 bits per heavy atom. The molecule has 27 heavy (non-hydrogen) atoms. The summed E-state index contributed by atoms with van der Waals surface area (Å²) in [4.78, 5) is 23.8. The van der Waals surface area contributed by atoms with Crippen LogP contribution in [-0.4, -0.2) is 47.4 Å². The molecule has 0 radical (unpaired) electrons. The number of morpholine rings is 1. The summed E-state index contributed by atoms with van der Waals surface area (Å²) in [6, 6.07) is 7.95. The molecule has 1 aliphatic heterocycles. The quantitative estimate of drug-likeness (QED) is 0.628. The lowest BCUT2D eigenvalue weighted by Gasteiger charge is -2.28. The second kappa shape index (κ2) is 8.71. The predicted octanol–water partition coefficient (Wildman–Crippen LogP) is 3.36. The Morgan fingerprint density at radius 3 is 2.30 bits per heavy atom. The monoisotopic (exact) mass is 386 g/mol. The van der Waals surface area contributed by atoms with E-state index >= 15 is 0 Å². The molecule has 0 spiro atoms. The first-order valence-electron chi connectivity index (χ1n) is 9.16. The van der Waals surface area contributed by atoms with Crippen molar-refractivity contribution >= 4 is 29.0 Å². The molecule has 7 heteroatoms. The predicted molar refractivity (Wildman–Crippen MR) is 110 cm³/mol. The van der Waals surface area contributed by atoms with Crippen LogP contribution >= 0.6 is 11.8 Å². The van der Waals surface area contributed by atoms with Gasteiger partial charge in [0.2, 0.25) is 5.91 Å². The number of ether oxygens (including phenoxy) is 1. The molecule has 0 bridgehead atoms. The van der Waals surface area contributed by atoms with Crippen molar-refractivity contribution in [2.24, 2.45) is 0 Å². The molecule has 0 unspecified atom stereocenters. The summed E-state index contributed by atoms with van der Waals surface area (Å²) in [6.07, 6.45) is 0. The fraction of sp³-hybridized carbons (Fsp3) is 0.450. The highest BCUT2D eigenvalue weighted by Crippen LogP contribution is 2.24. The largest absolute Gasteiger partial charge is 0.378 e. The summed E-state index contributed by atoms with van der Waals surface area (Å²) in [5.74, 6) is -0.0568. The van der Waals surface area contributed by atoms with E-state index in [-0.39, 0.29) is 11.2 Å². The minimum Gasteiger partial charge on any atom is -0.378 e. The maximum absolute atomic E-state index is 12.5. The Labute approximate surface area is 164 Å². The van der Waals surface area contributed by atoms with Crippen molar-refractivity contribution < 1.29 is 9.53 Å². The molecule has 144 valence electrons. The summed E-state index contributed by atoms with van der Waals surface area (Å²) in [7, 11) is 0. The lowest BCUT2D eigenvalue weighted by atomic mass is 10.2. The number of hydrogen-bond donors (Lipinski definition) is 1. The van der Waals surface area contributed by atoms with Gasteiger partial charge in [0.25, 0.3) is 0 Å². The van der Waals surface area contributed by atoms with Gasteiger partial charge in [-0.15, -0.1) is 0 Å². The molecule has 1 saturated heterocycles. The Balaban J connectivity index is 1.59. The highest BCUT2D eigenvalue weighted by molar-refractivity contribution is 8.00. The van der Waals surface area contributed by atoms with Crippen LogP contribution in [0.15, 0.2) is 29.4 Å². The molecule has 1 aromatic carbocycles. The fourth-order valence-corrected chi connectivity index (χ4v) is 3.69. The third kappa shape index (κ3) is 4.99. The maximum Gasteiger partial charge on any atom is 0.237 e. The molecular formula is C20H26N4O2S. The van der Waals surface area contributed by atoms with Crippen LogP contribution in [0.2, 0.25) is 0 Å². The first kappa shape index (κ1) is 19.6. The fourth-order valence-electron chi connectivity index (χ4n) is 2.83. The van der Waals surface area contributed by atoms with Crippen molar-refractivity contribution in [1.29, 1.82) is 0 Å². The Kier molecular flexibility index (Phi) is 6.34. The lowest BCUT2D eigenvalue weighted by Crippen LogP contribution is -2.36. The van der Waals surface area contributed by atoms with Crippen LogP contribution in [0.1, 0.15) is 23.9 Å². The van der Waals surface area contributed by atoms with Crippen molar-refractivity contribution in [3.63, 3.8) is 0 Å². The minimum atomic E-state index is -0.287. The highest BCUT2D eigenvalue weighted by Gasteiger charge is 2.18. The molecule has 6 nitrogen and oxygen atoms in total. The zero-order chi connectivity index (χ0) is 19.4. The van der Waals surface area contributed by atoms with Gasteiger partial charge in [-0.3, -0.25) is 4.79 Å². The number of aryl methyl sites for hydroxylation is 2. The molecule has 2 aromatic rings. The smallest absolute Gasteiger partial charge is 0.237 e. The molecule has 1 N–H and O–H groups in total. The van der Waals surface area contributed by atoms with Gasteiger partial charge < -0.3 is 15.0 Å². The molecule has 1 amide bonds. The number of thioether (sulfide) groups is 1. The zero-order valence-corrected chi connectivity index (χ0v) is 17.1. The van der Waals surface area contributed by atoms with Crippen molar-refractivity contribution in [2.45, 2.75) is 38.1 Å². The second-order valence-corrected chi connectivity index (χ2v) is 8.01. The highest BCUT2D eigenvalue weighted by atomic mass is 32.2. The van der Waals surface area contributed by atoms with Gasteiger partial charge in [-0.25, -0.2) is 9.97 Å². The van der Waals surface area contributed by atoms with Gasteiger partial charge in [-0.2, -0.15) is 0 Å². The number of amides is 1. The second-order valence-electron chi connectivity index (χ2n) is 6.70. The number of nitrogens with zero attached hydrogens (tertiary/aromatic N) is 3. The van der Waals surface area contributed by atoms with Crippen molar-refractivity contribution in [3.05, 3.63) is 41.2 Å². The third-order valence-corrected chi connectivity index (χ3v) is 5.74. The van der Waals surface area contributed by atoms with E-state index in [4.69, 9.17) is 4.74 Å². The Bertz CT molecular complexity index is 781. The topological polar surface area (TPSA) is 67.4 Å². The van der Waals surface area contributed by atoms with Crippen LogP contribution in [0, 0.1) is 20.8 Å². The van der Waals surface area contributed by atoms with Crippen LogP contribution in [0.4, 0.5) is 11.4 Å². The summed E-state index contributed by atoms with van der Waals surface area (Å²) >= 11 is 1.38. The van der Waals surface area contributed by atoms with E-state index < -0.39 is 0 Å². The summed E-state index contributed by atoms with van der Waals surface area (Å²) in [5, 5.41) is 3.33. The number of anilines is 2. The maximum atomic E-state index is 12.5. The number of rotatable bonds is 5. The van der Waals surface area contributed by atoms with Crippen molar-refractivity contribution in [1.82, 2.24) is 9.97 Å². The number of carbonyl (C=O) groups is 1. The Hall–Kier alpha value is -2.12. The standard InChI is InChI=1S/C20H26N4O2S/c1-13-14(2)21-20(22-15(13)3)27-16(4)19(25)23-17-5-7-18(8-6-17)24-9-11-26-12-10-24/h5-8,16H,9-12H2,1-4H3,(H,23,25)/t16-/m1/s1. The van der Waals surface area contributed by atoms with Crippen LogP contribution in [0.3, 0.4) is 0 Å². The summed E-state index contributed by atoms with van der Waals surface area (Å²) in [6.45, 7) is 11.1. The molecular weight excluding hydrogens is 360 g/mol. The minimum absolute atomic E-state index is 0.0568. The summed E-state index contributed by atoms with van der Waals surface area (Å²) < 4.78 is 5.38. The van der Waals surface area contributed by atoms with E-state index in [2.05, 4.69) is 20.2 Å². The van der Waals surface area contributed by atoms with E-state index in [0.717, 1.165) is 54.6 Å². The van der Waals surface area contributed by atoms with E-state index in [1.54, 1.807) is 0 Å². The van der Waals surface area contributed by atoms with Crippen molar-refractivity contribution in [3.8, 4) is 0 Å². The van der Waals surface area contributed by atoms with Gasteiger partial charge in [-0.1, -0.05) is 11.8 Å². The first-order chi connectivity index (χ1) is 12.9. The third-order valence-electron chi connectivity index (χ3n) is 4.77. The molecule has 2 heterocycles. The first-order valence-corrected chi connectivity index (χ1v) is 10.0. The van der Waals surface area contributed by atoms with Gasteiger partial charge in [-0.05, 0) is 57.5 Å². The van der Waals surface area contributed by atoms with Crippen molar-refractivity contribution in [2.75, 3.05) is 36.5 Å². The summed E-state index contributed by atoms with van der Waals surface area (Å²) in [5.41, 5.74) is 4.95. The molecule has 0 saturated carbocycles. The number of hydrogen-bond acceptors (Lipinski definition) is 6. The molecule has 3 rings (SSSR count). The molecule has 0 aliphatic carbocycles. The number of benzene rings is 1. The van der Waals surface area contributed by atoms with E-state index in [1.165, 1.54) is 11.8 Å². The molecule has 1 aromatic heterocycles. The lowest BCUT2D eigenvalue weighted by molar-refractivity contribution is -0.115. The van der Waals surface area contributed by atoms with E-state index in [9.17, 15) is 4.79 Å². The Morgan fingerprint density at radius 2 is 1.70 bits per heavy atom. The van der Waals surface area contributed by atoms with Crippen LogP contribution in [-0.2, 0) is 9.53 Å². The molecule has 1 fully saturated rings. The van der Waals surface area contributed by atoms with E-state index in [1.807, 2.05) is 52.0 Å². The van der Waals surface area contributed by atoms with Crippen LogP contribution < -0.4 is 10.2 Å². The van der Waals surface area contributed by atoms with Gasteiger partial charge >= 0.3 is 0 Å². The normalized spacial score (nSPS) is 15.5. The number of aromatic nitrogens is 2. The zero-order valence-electron chi connectivity index (χ0n) is 16.3. The number of nitrogens with one attached hydrogen (secondary N) is 1. The van der Waals surface area contributed by atoms with Crippen LogP contribution in [0.5, 0.6) is 0 Å². The van der Waals surface area contributed by atoms with Gasteiger partial charge in [0.15, 0.2) is 5.16 Å². The van der Waals surface area contributed by atoms with Gasteiger partial charge in [0.1, 0.15) is 0 Å². The molecule has 1 aliphatic rings. The average molecular weight is 387 g/mol. The van der Waals surface area contributed by atoms with Crippen LogP contribution in [0.25, 0.3) is 0 Å². The SMILES string of the molecule is Cc1nc(S[C@H](C)C(=O)Nc2ccc(N3CCOCC3)cc2)nc(C)c1C.